The Kier molecular flexibility index (Phi) is 5.07. The summed E-state index contributed by atoms with van der Waals surface area (Å²) in [6.45, 7) is 6.66. The fourth-order valence-corrected chi connectivity index (χ4v) is 3.70. The monoisotopic (exact) mass is 360 g/mol. The molecule has 0 unspecified atom stereocenters. The summed E-state index contributed by atoms with van der Waals surface area (Å²) in [7, 11) is 0. The SMILES string of the molecule is C=CC[C@@H]1CC=C[C@@H](c2ccccc2)N1Cc1nc(-c2ccoc2)oc1C. The fraction of sp³-hybridized carbons (Fsp3) is 0.261. The van der Waals surface area contributed by atoms with E-state index in [0.717, 1.165) is 36.4 Å². The zero-order chi connectivity index (χ0) is 18.6. The van der Waals surface area contributed by atoms with Gasteiger partial charge in [0.05, 0.1) is 23.6 Å². The van der Waals surface area contributed by atoms with Crippen LogP contribution in [0.3, 0.4) is 0 Å². The second kappa shape index (κ2) is 7.80. The number of nitrogens with zero attached hydrogens (tertiary/aromatic N) is 2. The zero-order valence-corrected chi connectivity index (χ0v) is 15.5. The van der Waals surface area contributed by atoms with E-state index in [0.29, 0.717) is 11.9 Å². The molecule has 1 aliphatic rings. The van der Waals surface area contributed by atoms with E-state index in [9.17, 15) is 0 Å². The Morgan fingerprint density at radius 3 is 2.85 bits per heavy atom. The molecular weight excluding hydrogens is 336 g/mol. The van der Waals surface area contributed by atoms with E-state index in [-0.39, 0.29) is 6.04 Å². The first-order valence-electron chi connectivity index (χ1n) is 9.33. The molecule has 0 fully saturated rings. The Morgan fingerprint density at radius 2 is 2.11 bits per heavy atom. The third-order valence-electron chi connectivity index (χ3n) is 5.13. The van der Waals surface area contributed by atoms with Crippen LogP contribution in [0, 0.1) is 6.92 Å². The largest absolute Gasteiger partial charge is 0.472 e. The van der Waals surface area contributed by atoms with Gasteiger partial charge in [-0.2, -0.15) is 0 Å². The van der Waals surface area contributed by atoms with Crippen LogP contribution in [-0.2, 0) is 6.54 Å². The highest BCUT2D eigenvalue weighted by molar-refractivity contribution is 5.51. The molecule has 0 N–H and O–H groups in total. The smallest absolute Gasteiger partial charge is 0.229 e. The van der Waals surface area contributed by atoms with Crippen LogP contribution in [0.1, 0.15) is 35.9 Å². The number of furan rings is 1. The number of aryl methyl sites for hydroxylation is 1. The minimum atomic E-state index is 0.221. The fourth-order valence-electron chi connectivity index (χ4n) is 3.70. The summed E-state index contributed by atoms with van der Waals surface area (Å²) < 4.78 is 11.1. The maximum Gasteiger partial charge on any atom is 0.229 e. The van der Waals surface area contributed by atoms with Gasteiger partial charge < -0.3 is 8.83 Å². The topological polar surface area (TPSA) is 42.4 Å². The summed E-state index contributed by atoms with van der Waals surface area (Å²) in [4.78, 5) is 7.25. The van der Waals surface area contributed by atoms with Gasteiger partial charge in [0.15, 0.2) is 0 Å². The van der Waals surface area contributed by atoms with E-state index >= 15 is 0 Å². The lowest BCUT2D eigenvalue weighted by atomic mass is 9.94. The molecule has 2 atom stereocenters. The van der Waals surface area contributed by atoms with Gasteiger partial charge in [0.25, 0.3) is 0 Å². The second-order valence-electron chi connectivity index (χ2n) is 6.90. The van der Waals surface area contributed by atoms with Crippen molar-refractivity contribution in [3.63, 3.8) is 0 Å². The summed E-state index contributed by atoms with van der Waals surface area (Å²) in [6.07, 6.45) is 11.8. The van der Waals surface area contributed by atoms with Crippen LogP contribution < -0.4 is 0 Å². The number of oxazole rings is 1. The van der Waals surface area contributed by atoms with Crippen molar-refractivity contribution in [3.8, 4) is 11.5 Å². The van der Waals surface area contributed by atoms with E-state index in [1.807, 2.05) is 19.1 Å². The Bertz CT molecular complexity index is 909. The van der Waals surface area contributed by atoms with Gasteiger partial charge in [0.1, 0.15) is 12.0 Å². The molecule has 27 heavy (non-hydrogen) atoms. The predicted molar refractivity (Wildman–Crippen MR) is 106 cm³/mol. The van der Waals surface area contributed by atoms with Gasteiger partial charge in [0, 0.05) is 12.6 Å². The lowest BCUT2D eigenvalue weighted by Crippen LogP contribution is -2.39. The van der Waals surface area contributed by atoms with Crippen LogP contribution >= 0.6 is 0 Å². The molecular formula is C23H24N2O2. The maximum absolute atomic E-state index is 5.90. The number of hydrogen-bond donors (Lipinski definition) is 0. The van der Waals surface area contributed by atoms with E-state index in [4.69, 9.17) is 13.8 Å². The lowest BCUT2D eigenvalue weighted by molar-refractivity contribution is 0.139. The first-order valence-corrected chi connectivity index (χ1v) is 9.33. The molecule has 0 aliphatic carbocycles. The molecule has 0 spiro atoms. The molecule has 0 bridgehead atoms. The molecule has 0 saturated heterocycles. The van der Waals surface area contributed by atoms with Gasteiger partial charge in [0.2, 0.25) is 5.89 Å². The summed E-state index contributed by atoms with van der Waals surface area (Å²) in [5, 5.41) is 0. The van der Waals surface area contributed by atoms with Crippen LogP contribution in [0.25, 0.3) is 11.5 Å². The Morgan fingerprint density at radius 1 is 1.26 bits per heavy atom. The Balaban J connectivity index is 1.65. The van der Waals surface area contributed by atoms with Crippen LogP contribution in [-0.4, -0.2) is 15.9 Å². The molecule has 0 saturated carbocycles. The van der Waals surface area contributed by atoms with Crippen LogP contribution in [0.15, 0.2) is 82.6 Å². The molecule has 4 nitrogen and oxygen atoms in total. The Labute approximate surface area is 159 Å². The van der Waals surface area contributed by atoms with Crippen molar-refractivity contribution < 1.29 is 8.83 Å². The number of rotatable bonds is 6. The van der Waals surface area contributed by atoms with E-state index in [1.165, 1.54) is 5.56 Å². The molecule has 138 valence electrons. The first kappa shape index (κ1) is 17.6. The molecule has 3 heterocycles. The summed E-state index contributed by atoms with van der Waals surface area (Å²) in [5.41, 5.74) is 3.13. The molecule has 1 aliphatic heterocycles. The molecule has 2 aromatic heterocycles. The van der Waals surface area contributed by atoms with Crippen molar-refractivity contribution in [2.45, 2.75) is 38.4 Å². The first-order chi connectivity index (χ1) is 13.3. The van der Waals surface area contributed by atoms with Crippen LogP contribution in [0.5, 0.6) is 0 Å². The summed E-state index contributed by atoms with van der Waals surface area (Å²) in [6, 6.07) is 13.1. The molecule has 0 amide bonds. The van der Waals surface area contributed by atoms with Crippen LogP contribution in [0.2, 0.25) is 0 Å². The van der Waals surface area contributed by atoms with Gasteiger partial charge in [-0.25, -0.2) is 4.98 Å². The number of benzene rings is 1. The standard InChI is InChI=1S/C23H24N2O2/c1-3-8-20-11-7-12-22(18-9-5-4-6-10-18)25(20)15-21-17(2)27-23(24-21)19-13-14-26-16-19/h3-7,9-10,12-14,16,20,22H,1,8,11,15H2,2H3/t20-,22+/m1/s1. The number of aromatic nitrogens is 1. The highest BCUT2D eigenvalue weighted by Crippen LogP contribution is 2.34. The van der Waals surface area contributed by atoms with E-state index < -0.39 is 0 Å². The van der Waals surface area contributed by atoms with Crippen molar-refractivity contribution in [2.75, 3.05) is 0 Å². The average molecular weight is 360 g/mol. The normalized spacial score (nSPS) is 20.0. The molecule has 4 heteroatoms. The summed E-state index contributed by atoms with van der Waals surface area (Å²) in [5.74, 6) is 1.46. The minimum absolute atomic E-state index is 0.221. The highest BCUT2D eigenvalue weighted by Gasteiger charge is 2.29. The number of hydrogen-bond acceptors (Lipinski definition) is 4. The van der Waals surface area contributed by atoms with Gasteiger partial charge >= 0.3 is 0 Å². The van der Waals surface area contributed by atoms with Gasteiger partial charge in [-0.05, 0) is 31.4 Å². The van der Waals surface area contributed by atoms with Crippen molar-refractivity contribution in [2.24, 2.45) is 0 Å². The van der Waals surface area contributed by atoms with Crippen molar-refractivity contribution in [1.29, 1.82) is 0 Å². The van der Waals surface area contributed by atoms with Crippen molar-refractivity contribution in [1.82, 2.24) is 9.88 Å². The lowest BCUT2D eigenvalue weighted by Gasteiger charge is -2.39. The maximum atomic E-state index is 5.90. The second-order valence-corrected chi connectivity index (χ2v) is 6.90. The quantitative estimate of drug-likeness (QED) is 0.530. The van der Waals surface area contributed by atoms with Crippen molar-refractivity contribution >= 4 is 0 Å². The van der Waals surface area contributed by atoms with Crippen molar-refractivity contribution in [3.05, 3.63) is 90.7 Å². The molecule has 3 aromatic rings. The van der Waals surface area contributed by atoms with Crippen LogP contribution in [0.4, 0.5) is 0 Å². The van der Waals surface area contributed by atoms with Gasteiger partial charge in [-0.3, -0.25) is 4.90 Å². The molecule has 1 aromatic carbocycles. The highest BCUT2D eigenvalue weighted by atomic mass is 16.4. The average Bonchev–Trinajstić information content (AvgIpc) is 3.34. The van der Waals surface area contributed by atoms with Gasteiger partial charge in [-0.15, -0.1) is 6.58 Å². The third kappa shape index (κ3) is 3.67. The van der Waals surface area contributed by atoms with Gasteiger partial charge in [-0.1, -0.05) is 48.6 Å². The summed E-state index contributed by atoms with van der Waals surface area (Å²) >= 11 is 0. The van der Waals surface area contributed by atoms with E-state index in [1.54, 1.807) is 12.5 Å². The van der Waals surface area contributed by atoms with E-state index in [2.05, 4.69) is 54.0 Å². The molecule has 4 rings (SSSR count). The Hall–Kier alpha value is -2.85. The minimum Gasteiger partial charge on any atom is -0.472 e. The third-order valence-corrected chi connectivity index (χ3v) is 5.13. The molecule has 0 radical (unpaired) electrons. The predicted octanol–water partition coefficient (Wildman–Crippen LogP) is 5.69. The zero-order valence-electron chi connectivity index (χ0n) is 15.5.